The van der Waals surface area contributed by atoms with Crippen LogP contribution in [0.15, 0.2) is 84.0 Å². The number of carbonyl (C=O) groups is 1. The molecular formula is C22H20N2O2. The maximum absolute atomic E-state index is 12.3. The number of hydrazone groups is 1. The molecule has 0 aliphatic heterocycles. The Morgan fingerprint density at radius 1 is 0.846 bits per heavy atom. The van der Waals surface area contributed by atoms with Crippen molar-refractivity contribution in [2.24, 2.45) is 5.10 Å². The molecule has 0 fully saturated rings. The third kappa shape index (κ3) is 3.98. The van der Waals surface area contributed by atoms with Crippen LogP contribution in [0.25, 0.3) is 11.1 Å². The van der Waals surface area contributed by atoms with E-state index in [1.165, 1.54) is 7.11 Å². The first-order valence-corrected chi connectivity index (χ1v) is 8.32. The van der Waals surface area contributed by atoms with Crippen molar-refractivity contribution >= 4 is 11.6 Å². The first-order valence-electron chi connectivity index (χ1n) is 8.32. The molecule has 0 bridgehead atoms. The van der Waals surface area contributed by atoms with Crippen molar-refractivity contribution in [3.63, 3.8) is 0 Å². The second-order valence-corrected chi connectivity index (χ2v) is 5.78. The molecule has 3 rings (SSSR count). The highest BCUT2D eigenvalue weighted by Gasteiger charge is 2.10. The highest BCUT2D eigenvalue weighted by atomic mass is 16.5. The fraction of sp³-hybridized carbons (Fsp3) is 0.0909. The number of benzene rings is 3. The molecule has 0 aromatic heterocycles. The minimum absolute atomic E-state index is 0.303. The molecule has 4 heteroatoms. The van der Waals surface area contributed by atoms with Crippen LogP contribution in [0.4, 0.5) is 0 Å². The summed E-state index contributed by atoms with van der Waals surface area (Å²) in [6.07, 6.45) is 0. The molecule has 1 amide bonds. The van der Waals surface area contributed by atoms with E-state index in [1.807, 2.05) is 55.5 Å². The Balaban J connectivity index is 1.72. The van der Waals surface area contributed by atoms with E-state index < -0.39 is 0 Å². The van der Waals surface area contributed by atoms with Gasteiger partial charge in [0.2, 0.25) is 0 Å². The first kappa shape index (κ1) is 17.4. The Hall–Kier alpha value is -3.40. The molecule has 4 nitrogen and oxygen atoms in total. The van der Waals surface area contributed by atoms with Crippen molar-refractivity contribution in [1.82, 2.24) is 5.43 Å². The van der Waals surface area contributed by atoms with Crippen molar-refractivity contribution in [3.05, 3.63) is 90.0 Å². The van der Waals surface area contributed by atoms with Crippen molar-refractivity contribution in [3.8, 4) is 16.9 Å². The minimum Gasteiger partial charge on any atom is -0.496 e. The number of hydrogen-bond donors (Lipinski definition) is 1. The molecule has 0 heterocycles. The number of methoxy groups -OCH3 is 1. The number of rotatable bonds is 5. The maximum Gasteiger partial charge on any atom is 0.275 e. The van der Waals surface area contributed by atoms with Crippen LogP contribution in [0.1, 0.15) is 22.8 Å². The average Bonchev–Trinajstić information content (AvgIpc) is 2.72. The highest BCUT2D eigenvalue weighted by molar-refractivity contribution is 6.01. The van der Waals surface area contributed by atoms with Crippen LogP contribution < -0.4 is 10.2 Å². The van der Waals surface area contributed by atoms with E-state index in [1.54, 1.807) is 18.2 Å². The van der Waals surface area contributed by atoms with Crippen molar-refractivity contribution in [2.45, 2.75) is 6.92 Å². The summed E-state index contributed by atoms with van der Waals surface area (Å²) in [7, 11) is 1.54. The van der Waals surface area contributed by atoms with E-state index in [9.17, 15) is 4.79 Å². The summed E-state index contributed by atoms with van der Waals surface area (Å²) in [6.45, 7) is 1.86. The quantitative estimate of drug-likeness (QED) is 0.547. The number of nitrogens with zero attached hydrogens (tertiary/aromatic N) is 1. The van der Waals surface area contributed by atoms with Crippen LogP contribution in [-0.2, 0) is 0 Å². The fourth-order valence-electron chi connectivity index (χ4n) is 2.63. The van der Waals surface area contributed by atoms with E-state index in [0.29, 0.717) is 11.3 Å². The van der Waals surface area contributed by atoms with Gasteiger partial charge in [-0.2, -0.15) is 5.10 Å². The van der Waals surface area contributed by atoms with Crippen LogP contribution in [0.3, 0.4) is 0 Å². The second-order valence-electron chi connectivity index (χ2n) is 5.78. The van der Waals surface area contributed by atoms with Gasteiger partial charge in [0, 0.05) is 0 Å². The fourth-order valence-corrected chi connectivity index (χ4v) is 2.63. The van der Waals surface area contributed by atoms with Gasteiger partial charge in [-0.3, -0.25) is 4.79 Å². The molecule has 3 aromatic rings. The first-order chi connectivity index (χ1) is 12.7. The monoisotopic (exact) mass is 344 g/mol. The molecular weight excluding hydrogens is 324 g/mol. The van der Waals surface area contributed by atoms with Crippen molar-refractivity contribution in [2.75, 3.05) is 7.11 Å². The summed E-state index contributed by atoms with van der Waals surface area (Å²) in [5.74, 6) is 0.216. The summed E-state index contributed by atoms with van der Waals surface area (Å²) in [5, 5.41) is 4.21. The van der Waals surface area contributed by atoms with Gasteiger partial charge in [-0.1, -0.05) is 66.7 Å². The number of ether oxygens (including phenoxy) is 1. The standard InChI is InChI=1S/C22H20N2O2/c1-16(23-24-22(25)20-10-6-7-11-21(20)26-2)17-12-14-19(15-13-17)18-8-4-3-5-9-18/h3-15H,1-2H3,(H,24,25). The Bertz CT molecular complexity index is 916. The molecule has 0 unspecified atom stereocenters. The number of nitrogens with one attached hydrogen (secondary N) is 1. The summed E-state index contributed by atoms with van der Waals surface area (Å²) in [4.78, 5) is 12.3. The van der Waals surface area contributed by atoms with E-state index in [2.05, 4.69) is 22.7 Å². The third-order valence-corrected chi connectivity index (χ3v) is 4.09. The Kier molecular flexibility index (Phi) is 5.44. The Morgan fingerprint density at radius 2 is 1.46 bits per heavy atom. The van der Waals surface area contributed by atoms with E-state index >= 15 is 0 Å². The SMILES string of the molecule is COc1ccccc1C(=O)NN=C(C)c1ccc(-c2ccccc2)cc1. The molecule has 3 aromatic carbocycles. The lowest BCUT2D eigenvalue weighted by molar-refractivity contribution is 0.0952. The van der Waals surface area contributed by atoms with Gasteiger partial charge in [0.05, 0.1) is 18.4 Å². The lowest BCUT2D eigenvalue weighted by Gasteiger charge is -2.07. The molecule has 0 saturated carbocycles. The number of amides is 1. The molecule has 0 atom stereocenters. The van der Waals surface area contributed by atoms with E-state index in [4.69, 9.17) is 4.74 Å². The minimum atomic E-state index is -0.303. The zero-order valence-corrected chi connectivity index (χ0v) is 14.8. The summed E-state index contributed by atoms with van der Waals surface area (Å²) in [5.41, 5.74) is 7.02. The third-order valence-electron chi connectivity index (χ3n) is 4.09. The lowest BCUT2D eigenvalue weighted by Crippen LogP contribution is -2.20. The van der Waals surface area contributed by atoms with Gasteiger partial charge in [-0.15, -0.1) is 0 Å². The molecule has 0 aliphatic rings. The average molecular weight is 344 g/mol. The molecule has 0 radical (unpaired) electrons. The van der Waals surface area contributed by atoms with E-state index in [0.717, 1.165) is 22.4 Å². The topological polar surface area (TPSA) is 50.7 Å². The Morgan fingerprint density at radius 3 is 2.15 bits per heavy atom. The van der Waals surface area contributed by atoms with Crippen molar-refractivity contribution in [1.29, 1.82) is 0 Å². The predicted octanol–water partition coefficient (Wildman–Crippen LogP) is 4.52. The van der Waals surface area contributed by atoms with Gasteiger partial charge in [0.25, 0.3) is 5.91 Å². The molecule has 0 aliphatic carbocycles. The van der Waals surface area contributed by atoms with Gasteiger partial charge in [-0.25, -0.2) is 5.43 Å². The predicted molar refractivity (Wildman–Crippen MR) is 105 cm³/mol. The van der Waals surface area contributed by atoms with Crippen LogP contribution >= 0.6 is 0 Å². The number of hydrogen-bond acceptors (Lipinski definition) is 3. The number of para-hydroxylation sites is 1. The van der Waals surface area contributed by atoms with Crippen LogP contribution in [0.5, 0.6) is 5.75 Å². The van der Waals surface area contributed by atoms with Gasteiger partial charge in [0.15, 0.2) is 0 Å². The lowest BCUT2D eigenvalue weighted by atomic mass is 10.0. The molecule has 26 heavy (non-hydrogen) atoms. The van der Waals surface area contributed by atoms with Gasteiger partial charge >= 0.3 is 0 Å². The van der Waals surface area contributed by atoms with Crippen LogP contribution in [-0.4, -0.2) is 18.7 Å². The zero-order chi connectivity index (χ0) is 18.4. The molecule has 0 spiro atoms. The molecule has 0 saturated heterocycles. The van der Waals surface area contributed by atoms with E-state index in [-0.39, 0.29) is 5.91 Å². The summed E-state index contributed by atoms with van der Waals surface area (Å²) >= 11 is 0. The number of carbonyl (C=O) groups excluding carboxylic acids is 1. The smallest absolute Gasteiger partial charge is 0.275 e. The maximum atomic E-state index is 12.3. The van der Waals surface area contributed by atoms with Gasteiger partial charge < -0.3 is 4.74 Å². The summed E-state index contributed by atoms with van der Waals surface area (Å²) < 4.78 is 5.20. The summed E-state index contributed by atoms with van der Waals surface area (Å²) in [6, 6.07) is 25.3. The van der Waals surface area contributed by atoms with Gasteiger partial charge in [0.1, 0.15) is 5.75 Å². The highest BCUT2D eigenvalue weighted by Crippen LogP contribution is 2.20. The largest absolute Gasteiger partial charge is 0.496 e. The Labute approximate surface area is 153 Å². The zero-order valence-electron chi connectivity index (χ0n) is 14.8. The van der Waals surface area contributed by atoms with Crippen molar-refractivity contribution < 1.29 is 9.53 Å². The molecule has 1 N–H and O–H groups in total. The second kappa shape index (κ2) is 8.12. The van der Waals surface area contributed by atoms with Gasteiger partial charge in [-0.05, 0) is 35.7 Å². The normalized spacial score (nSPS) is 11.1. The molecule has 130 valence electrons. The van der Waals surface area contributed by atoms with Crippen LogP contribution in [0.2, 0.25) is 0 Å². The van der Waals surface area contributed by atoms with Crippen LogP contribution in [0, 0.1) is 0 Å².